The Morgan fingerprint density at radius 2 is 1.73 bits per heavy atom. The van der Waals surface area contributed by atoms with Crippen molar-refractivity contribution in [3.63, 3.8) is 0 Å². The number of hydrogen-bond acceptors (Lipinski definition) is 2. The van der Waals surface area contributed by atoms with Crippen LogP contribution in [0.1, 0.15) is 41.6 Å². The lowest BCUT2D eigenvalue weighted by Crippen LogP contribution is -2.16. The highest BCUT2D eigenvalue weighted by molar-refractivity contribution is 14.1. The number of H-pyrrole nitrogens is 1. The van der Waals surface area contributed by atoms with Crippen LogP contribution in [0.25, 0.3) is 0 Å². The topological polar surface area (TPSA) is 32.9 Å². The quantitative estimate of drug-likeness (QED) is 0.542. The van der Waals surface area contributed by atoms with E-state index in [1.54, 1.807) is 11.8 Å². The normalized spacial score (nSPS) is 14.5. The minimum absolute atomic E-state index is 0.0631. The molecule has 0 unspecified atom stereocenters. The number of aromatic amines is 1. The zero-order valence-corrected chi connectivity index (χ0v) is 15.9. The highest BCUT2D eigenvalue weighted by Gasteiger charge is 2.19. The van der Waals surface area contributed by atoms with Gasteiger partial charge in [-0.1, -0.05) is 24.2 Å². The van der Waals surface area contributed by atoms with Crippen LogP contribution >= 0.6 is 34.4 Å². The fourth-order valence-corrected chi connectivity index (χ4v) is 5.16. The summed E-state index contributed by atoms with van der Waals surface area (Å²) < 4.78 is 0.836. The number of aryl methyl sites for hydroxylation is 3. The van der Waals surface area contributed by atoms with Crippen molar-refractivity contribution in [1.29, 1.82) is 0 Å². The van der Waals surface area contributed by atoms with Crippen molar-refractivity contribution in [3.8, 4) is 0 Å². The van der Waals surface area contributed by atoms with Crippen LogP contribution in [-0.2, 0) is 12.8 Å². The lowest BCUT2D eigenvalue weighted by Gasteiger charge is -2.14. The smallest absolute Gasteiger partial charge is 0.262 e. The molecule has 0 saturated carbocycles. The Hall–Kier alpha value is -0.750. The molecule has 0 radical (unpaired) electrons. The molecule has 0 spiro atoms. The summed E-state index contributed by atoms with van der Waals surface area (Å²) in [5, 5.41) is 0. The van der Waals surface area contributed by atoms with Crippen molar-refractivity contribution in [2.45, 2.75) is 55.7 Å². The van der Waals surface area contributed by atoms with Crippen molar-refractivity contribution < 1.29 is 0 Å². The van der Waals surface area contributed by atoms with Gasteiger partial charge in [0, 0.05) is 15.5 Å². The highest BCUT2D eigenvalue weighted by Crippen LogP contribution is 2.36. The first-order valence-corrected chi connectivity index (χ1v) is 9.64. The lowest BCUT2D eigenvalue weighted by atomic mass is 10.1. The Balaban J connectivity index is 2.09. The van der Waals surface area contributed by atoms with E-state index in [0.29, 0.717) is 0 Å². The number of hydrogen-bond donors (Lipinski definition) is 1. The molecule has 0 atom stereocenters. The van der Waals surface area contributed by atoms with Crippen LogP contribution in [0, 0.1) is 17.4 Å². The average Bonchev–Trinajstić information content (AvgIpc) is 2.68. The number of rotatable bonds is 2. The SMILES string of the molecule is Cc1cc(C)cc(Sc2c3c([nH]c(=O)c2I)CCCCC3)c1. The van der Waals surface area contributed by atoms with Gasteiger partial charge in [0.15, 0.2) is 0 Å². The van der Waals surface area contributed by atoms with E-state index in [9.17, 15) is 4.79 Å². The summed E-state index contributed by atoms with van der Waals surface area (Å²) in [6, 6.07) is 6.60. The maximum Gasteiger partial charge on any atom is 0.262 e. The van der Waals surface area contributed by atoms with Crippen molar-refractivity contribution in [2.75, 3.05) is 0 Å². The van der Waals surface area contributed by atoms with Gasteiger partial charge in [-0.25, -0.2) is 0 Å². The predicted molar refractivity (Wildman–Crippen MR) is 101 cm³/mol. The van der Waals surface area contributed by atoms with Gasteiger partial charge in [0.05, 0.1) is 3.57 Å². The summed E-state index contributed by atoms with van der Waals surface area (Å²) in [7, 11) is 0. The molecule has 0 amide bonds. The molecule has 1 aromatic heterocycles. The fraction of sp³-hybridized carbons (Fsp3) is 0.389. The third-order valence-electron chi connectivity index (χ3n) is 4.07. The van der Waals surface area contributed by atoms with E-state index in [2.05, 4.69) is 59.6 Å². The summed E-state index contributed by atoms with van der Waals surface area (Å²) in [6.07, 6.45) is 5.73. The maximum atomic E-state index is 12.3. The highest BCUT2D eigenvalue weighted by atomic mass is 127. The van der Waals surface area contributed by atoms with Crippen molar-refractivity contribution in [2.24, 2.45) is 0 Å². The number of pyridine rings is 1. The van der Waals surface area contributed by atoms with Gasteiger partial charge < -0.3 is 4.98 Å². The molecule has 1 aromatic carbocycles. The number of benzene rings is 1. The Kier molecular flexibility index (Phi) is 4.97. The first-order valence-electron chi connectivity index (χ1n) is 7.74. The van der Waals surface area contributed by atoms with E-state index in [0.717, 1.165) is 22.1 Å². The number of aromatic nitrogens is 1. The Morgan fingerprint density at radius 3 is 2.45 bits per heavy atom. The van der Waals surface area contributed by atoms with Gasteiger partial charge in [-0.2, -0.15) is 0 Å². The van der Waals surface area contributed by atoms with Gasteiger partial charge in [-0.05, 0) is 90.9 Å². The Labute approximate surface area is 149 Å². The van der Waals surface area contributed by atoms with Crippen molar-refractivity contribution >= 4 is 34.4 Å². The Bertz CT molecular complexity index is 746. The second-order valence-corrected chi connectivity index (χ2v) is 8.20. The summed E-state index contributed by atoms with van der Waals surface area (Å²) in [5.41, 5.74) is 5.13. The predicted octanol–water partition coefficient (Wildman–Crippen LogP) is 5.02. The van der Waals surface area contributed by atoms with Crippen molar-refractivity contribution in [1.82, 2.24) is 4.98 Å². The van der Waals surface area contributed by atoms with Crippen LogP contribution in [0.15, 0.2) is 32.8 Å². The molecule has 0 fully saturated rings. The standard InChI is InChI=1S/C18H20INOS/c1-11-8-12(2)10-13(9-11)22-17-14-6-4-3-5-7-15(14)20-18(21)16(17)19/h8-10H,3-7H2,1-2H3,(H,20,21). The minimum atomic E-state index is 0.0631. The maximum absolute atomic E-state index is 12.3. The molecule has 22 heavy (non-hydrogen) atoms. The van der Waals surface area contributed by atoms with Gasteiger partial charge in [-0.15, -0.1) is 0 Å². The fourth-order valence-electron chi connectivity index (χ4n) is 3.11. The first-order chi connectivity index (χ1) is 10.5. The van der Waals surface area contributed by atoms with Gasteiger partial charge in [-0.3, -0.25) is 4.79 Å². The molecule has 0 saturated heterocycles. The second-order valence-electron chi connectivity index (χ2n) is 6.04. The molecule has 4 heteroatoms. The lowest BCUT2D eigenvalue weighted by molar-refractivity contribution is 0.707. The van der Waals surface area contributed by atoms with Gasteiger partial charge in [0.2, 0.25) is 0 Å². The van der Waals surface area contributed by atoms with Gasteiger partial charge in [0.25, 0.3) is 5.56 Å². The van der Waals surface area contributed by atoms with Gasteiger partial charge in [0.1, 0.15) is 0 Å². The first kappa shape index (κ1) is 16.1. The third-order valence-corrected chi connectivity index (χ3v) is 6.59. The summed E-state index contributed by atoms with van der Waals surface area (Å²) >= 11 is 3.96. The molecule has 1 heterocycles. The van der Waals surface area contributed by atoms with E-state index in [1.165, 1.54) is 45.7 Å². The molecule has 1 aliphatic carbocycles. The second kappa shape index (κ2) is 6.79. The number of fused-ring (bicyclic) bond motifs is 1. The van der Waals surface area contributed by atoms with Crippen LogP contribution in [0.2, 0.25) is 0 Å². The van der Waals surface area contributed by atoms with E-state index in [-0.39, 0.29) is 5.56 Å². The van der Waals surface area contributed by atoms with E-state index in [1.807, 2.05) is 0 Å². The van der Waals surface area contributed by atoms with Gasteiger partial charge >= 0.3 is 0 Å². The van der Waals surface area contributed by atoms with E-state index >= 15 is 0 Å². The molecule has 1 N–H and O–H groups in total. The monoisotopic (exact) mass is 425 g/mol. The van der Waals surface area contributed by atoms with E-state index in [4.69, 9.17) is 0 Å². The Morgan fingerprint density at radius 1 is 1.05 bits per heavy atom. The molecule has 0 bridgehead atoms. The molecule has 0 aliphatic heterocycles. The number of halogens is 1. The molecule has 2 aromatic rings. The van der Waals surface area contributed by atoms with Crippen LogP contribution in [0.5, 0.6) is 0 Å². The largest absolute Gasteiger partial charge is 0.325 e. The summed E-state index contributed by atoms with van der Waals surface area (Å²) in [5.74, 6) is 0. The molecular formula is C18H20INOS. The zero-order chi connectivity index (χ0) is 15.7. The molecule has 2 nitrogen and oxygen atoms in total. The van der Waals surface area contributed by atoms with Crippen LogP contribution in [0.4, 0.5) is 0 Å². The van der Waals surface area contributed by atoms with Crippen LogP contribution in [0.3, 0.4) is 0 Å². The molecule has 1 aliphatic rings. The number of nitrogens with one attached hydrogen (secondary N) is 1. The minimum Gasteiger partial charge on any atom is -0.325 e. The van der Waals surface area contributed by atoms with Crippen molar-refractivity contribution in [3.05, 3.63) is 54.5 Å². The third kappa shape index (κ3) is 3.43. The average molecular weight is 425 g/mol. The molecule has 116 valence electrons. The van der Waals surface area contributed by atoms with Crippen LogP contribution < -0.4 is 5.56 Å². The zero-order valence-electron chi connectivity index (χ0n) is 13.0. The summed E-state index contributed by atoms with van der Waals surface area (Å²) in [4.78, 5) is 17.8. The molecular weight excluding hydrogens is 405 g/mol. The molecule has 3 rings (SSSR count). The van der Waals surface area contributed by atoms with E-state index < -0.39 is 0 Å². The summed E-state index contributed by atoms with van der Waals surface area (Å²) in [6.45, 7) is 4.25. The van der Waals surface area contributed by atoms with Crippen LogP contribution in [-0.4, -0.2) is 4.98 Å².